The Bertz CT molecular complexity index is 1000. The molecule has 0 aliphatic carbocycles. The summed E-state index contributed by atoms with van der Waals surface area (Å²) in [7, 11) is -3.60. The number of rotatable bonds is 5. The van der Waals surface area contributed by atoms with Crippen LogP contribution in [0.4, 0.5) is 0 Å². The van der Waals surface area contributed by atoms with Crippen LogP contribution in [-0.4, -0.2) is 72.7 Å². The van der Waals surface area contributed by atoms with Gasteiger partial charge in [-0.1, -0.05) is 17.7 Å². The van der Waals surface area contributed by atoms with Gasteiger partial charge in [0.2, 0.25) is 10.0 Å². The van der Waals surface area contributed by atoms with Gasteiger partial charge < -0.3 is 4.90 Å². The summed E-state index contributed by atoms with van der Waals surface area (Å²) in [6.45, 7) is 4.45. The smallest absolute Gasteiger partial charge is 0.255 e. The second-order valence-corrected chi connectivity index (χ2v) is 10.0. The molecule has 0 unspecified atom stereocenters. The van der Waals surface area contributed by atoms with Crippen molar-refractivity contribution in [2.75, 3.05) is 39.3 Å². The monoisotopic (exact) mass is 448 g/mol. The number of sulfonamides is 1. The first kappa shape index (κ1) is 21.2. The van der Waals surface area contributed by atoms with E-state index in [4.69, 9.17) is 11.6 Å². The number of hydrogen-bond donors (Lipinski definition) is 0. The molecule has 0 bridgehead atoms. The van der Waals surface area contributed by atoms with E-state index >= 15 is 0 Å². The SMILES string of the molecule is O=C(c1cc(S(=O)(=O)N2CCCC2)ccc1Cl)N1CCN(Cc2cccnc2)CC1. The minimum atomic E-state index is -3.60. The summed E-state index contributed by atoms with van der Waals surface area (Å²) in [6.07, 6.45) is 5.33. The number of pyridine rings is 1. The number of aromatic nitrogens is 1. The zero-order valence-electron chi connectivity index (χ0n) is 16.7. The summed E-state index contributed by atoms with van der Waals surface area (Å²) in [5.41, 5.74) is 1.39. The van der Waals surface area contributed by atoms with E-state index in [0.29, 0.717) is 26.2 Å². The van der Waals surface area contributed by atoms with Crippen LogP contribution >= 0.6 is 11.6 Å². The highest BCUT2D eigenvalue weighted by Gasteiger charge is 2.30. The summed E-state index contributed by atoms with van der Waals surface area (Å²) in [5, 5.41) is 0.276. The van der Waals surface area contributed by atoms with Gasteiger partial charge >= 0.3 is 0 Å². The Labute approximate surface area is 182 Å². The fourth-order valence-corrected chi connectivity index (χ4v) is 5.68. The molecule has 0 radical (unpaired) electrons. The Balaban J connectivity index is 1.45. The number of hydrogen-bond acceptors (Lipinski definition) is 5. The molecule has 0 atom stereocenters. The van der Waals surface area contributed by atoms with Crippen LogP contribution in [0.5, 0.6) is 0 Å². The summed E-state index contributed by atoms with van der Waals surface area (Å²) >= 11 is 6.28. The van der Waals surface area contributed by atoms with Crippen LogP contribution in [0, 0.1) is 0 Å². The van der Waals surface area contributed by atoms with Gasteiger partial charge in [0, 0.05) is 58.2 Å². The van der Waals surface area contributed by atoms with Crippen molar-refractivity contribution < 1.29 is 13.2 Å². The predicted octanol–water partition coefficient (Wildman–Crippen LogP) is 2.48. The third kappa shape index (κ3) is 4.51. The van der Waals surface area contributed by atoms with Crippen molar-refractivity contribution in [3.8, 4) is 0 Å². The van der Waals surface area contributed by atoms with Crippen molar-refractivity contribution in [1.82, 2.24) is 19.1 Å². The molecule has 1 aromatic heterocycles. The van der Waals surface area contributed by atoms with E-state index < -0.39 is 10.0 Å². The van der Waals surface area contributed by atoms with Gasteiger partial charge in [-0.15, -0.1) is 0 Å². The molecule has 7 nitrogen and oxygen atoms in total. The molecule has 0 saturated carbocycles. The lowest BCUT2D eigenvalue weighted by Crippen LogP contribution is -2.48. The van der Waals surface area contributed by atoms with E-state index in [1.54, 1.807) is 11.1 Å². The molecule has 1 amide bonds. The maximum atomic E-state index is 13.1. The fraction of sp³-hybridized carbons (Fsp3) is 0.429. The van der Waals surface area contributed by atoms with Crippen LogP contribution in [0.2, 0.25) is 5.02 Å². The van der Waals surface area contributed by atoms with Crippen molar-refractivity contribution in [3.05, 3.63) is 58.9 Å². The number of benzene rings is 1. The van der Waals surface area contributed by atoms with E-state index in [9.17, 15) is 13.2 Å². The maximum Gasteiger partial charge on any atom is 0.255 e. The Morgan fingerprint density at radius 1 is 1.03 bits per heavy atom. The van der Waals surface area contributed by atoms with Gasteiger partial charge in [0.15, 0.2) is 0 Å². The molecule has 2 aliphatic rings. The lowest BCUT2D eigenvalue weighted by Gasteiger charge is -2.35. The third-order valence-corrected chi connectivity index (χ3v) is 7.88. The van der Waals surface area contributed by atoms with E-state index in [2.05, 4.69) is 9.88 Å². The van der Waals surface area contributed by atoms with Gasteiger partial charge in [-0.2, -0.15) is 4.31 Å². The van der Waals surface area contributed by atoms with Gasteiger partial charge in [-0.25, -0.2) is 8.42 Å². The van der Waals surface area contributed by atoms with Crippen LogP contribution < -0.4 is 0 Å². The van der Waals surface area contributed by atoms with Crippen LogP contribution in [-0.2, 0) is 16.6 Å². The van der Waals surface area contributed by atoms with Gasteiger partial charge in [0.05, 0.1) is 15.5 Å². The summed E-state index contributed by atoms with van der Waals surface area (Å²) in [6, 6.07) is 8.38. The molecule has 160 valence electrons. The fourth-order valence-electron chi connectivity index (χ4n) is 3.94. The lowest BCUT2D eigenvalue weighted by atomic mass is 10.1. The van der Waals surface area contributed by atoms with Crippen LogP contribution in [0.15, 0.2) is 47.6 Å². The number of amides is 1. The molecular weight excluding hydrogens is 424 g/mol. The maximum absolute atomic E-state index is 13.1. The average Bonchev–Trinajstić information content (AvgIpc) is 3.31. The highest BCUT2D eigenvalue weighted by Crippen LogP contribution is 2.26. The molecule has 9 heteroatoms. The zero-order valence-corrected chi connectivity index (χ0v) is 18.3. The molecule has 1 aromatic carbocycles. The zero-order chi connectivity index (χ0) is 21.1. The molecule has 4 rings (SSSR count). The largest absolute Gasteiger partial charge is 0.336 e. The van der Waals surface area contributed by atoms with E-state index in [1.807, 2.05) is 18.3 Å². The number of halogens is 1. The van der Waals surface area contributed by atoms with Crippen molar-refractivity contribution in [2.45, 2.75) is 24.3 Å². The first-order valence-electron chi connectivity index (χ1n) is 10.2. The predicted molar refractivity (Wildman–Crippen MR) is 115 cm³/mol. The topological polar surface area (TPSA) is 73.8 Å². The first-order chi connectivity index (χ1) is 14.4. The normalized spacial score (nSPS) is 18.6. The van der Waals surface area contributed by atoms with E-state index in [1.165, 1.54) is 22.5 Å². The van der Waals surface area contributed by atoms with Gasteiger partial charge in [0.1, 0.15) is 0 Å². The second kappa shape index (κ2) is 9.01. The minimum Gasteiger partial charge on any atom is -0.336 e. The highest BCUT2D eigenvalue weighted by atomic mass is 35.5. The molecule has 2 saturated heterocycles. The number of carbonyl (C=O) groups excluding carboxylic acids is 1. The van der Waals surface area contributed by atoms with Gasteiger partial charge in [0.25, 0.3) is 5.91 Å². The average molecular weight is 449 g/mol. The highest BCUT2D eigenvalue weighted by molar-refractivity contribution is 7.89. The van der Waals surface area contributed by atoms with Crippen molar-refractivity contribution >= 4 is 27.5 Å². The summed E-state index contributed by atoms with van der Waals surface area (Å²) in [4.78, 5) is 21.4. The Morgan fingerprint density at radius 3 is 2.43 bits per heavy atom. The molecule has 2 aromatic rings. The number of nitrogens with zero attached hydrogens (tertiary/aromatic N) is 4. The van der Waals surface area contributed by atoms with Crippen molar-refractivity contribution in [2.24, 2.45) is 0 Å². The van der Waals surface area contributed by atoms with E-state index in [0.717, 1.165) is 38.0 Å². The Hall–Kier alpha value is -2.00. The minimum absolute atomic E-state index is 0.132. The lowest BCUT2D eigenvalue weighted by molar-refractivity contribution is 0.0628. The molecule has 0 N–H and O–H groups in total. The molecule has 0 spiro atoms. The van der Waals surface area contributed by atoms with E-state index in [-0.39, 0.29) is 21.4 Å². The standard InChI is InChI=1S/C21H25ClN4O3S/c22-20-6-5-18(30(28,29)26-8-1-2-9-26)14-19(20)21(27)25-12-10-24(11-13-25)16-17-4-3-7-23-15-17/h3-7,14-15H,1-2,8-13,16H2. The first-order valence-corrected chi connectivity index (χ1v) is 12.0. The third-order valence-electron chi connectivity index (χ3n) is 5.66. The Morgan fingerprint density at radius 2 is 1.77 bits per heavy atom. The van der Waals surface area contributed by atoms with Crippen LogP contribution in [0.1, 0.15) is 28.8 Å². The summed E-state index contributed by atoms with van der Waals surface area (Å²) in [5.74, 6) is -0.223. The molecule has 30 heavy (non-hydrogen) atoms. The molecular formula is C21H25ClN4O3S. The molecule has 2 fully saturated rings. The molecule has 2 aliphatic heterocycles. The van der Waals surface area contributed by atoms with Gasteiger partial charge in [-0.3, -0.25) is 14.7 Å². The van der Waals surface area contributed by atoms with Crippen LogP contribution in [0.25, 0.3) is 0 Å². The quantitative estimate of drug-likeness (QED) is 0.702. The number of carbonyl (C=O) groups is 1. The van der Waals surface area contributed by atoms with Crippen molar-refractivity contribution in [1.29, 1.82) is 0 Å². The van der Waals surface area contributed by atoms with Gasteiger partial charge in [-0.05, 0) is 42.7 Å². The Kier molecular flexibility index (Phi) is 6.38. The molecule has 3 heterocycles. The summed E-state index contributed by atoms with van der Waals surface area (Å²) < 4.78 is 27.2. The number of piperazine rings is 1. The van der Waals surface area contributed by atoms with Crippen molar-refractivity contribution in [3.63, 3.8) is 0 Å². The second-order valence-electron chi connectivity index (χ2n) is 7.68. The van der Waals surface area contributed by atoms with Crippen LogP contribution in [0.3, 0.4) is 0 Å².